The SMILES string of the molecule is N[C@@H](/C=C/CF)CO. The van der Waals surface area contributed by atoms with Gasteiger partial charge in [0.25, 0.3) is 0 Å². The largest absolute Gasteiger partial charge is 0.394 e. The van der Waals surface area contributed by atoms with Crippen molar-refractivity contribution < 1.29 is 9.50 Å². The molecular formula is C5H10FNO. The van der Waals surface area contributed by atoms with E-state index in [0.29, 0.717) is 0 Å². The molecule has 0 heterocycles. The summed E-state index contributed by atoms with van der Waals surface area (Å²) in [7, 11) is 0. The number of hydrogen-bond donors (Lipinski definition) is 2. The lowest BCUT2D eigenvalue weighted by atomic mass is 10.3. The molecular weight excluding hydrogens is 109 g/mol. The summed E-state index contributed by atoms with van der Waals surface area (Å²) >= 11 is 0. The van der Waals surface area contributed by atoms with Crippen molar-refractivity contribution >= 4 is 0 Å². The van der Waals surface area contributed by atoms with E-state index in [1.807, 2.05) is 0 Å². The molecule has 48 valence electrons. The summed E-state index contributed by atoms with van der Waals surface area (Å²) in [5.41, 5.74) is 5.16. The van der Waals surface area contributed by atoms with Crippen LogP contribution in [0.3, 0.4) is 0 Å². The summed E-state index contributed by atoms with van der Waals surface area (Å²) in [5, 5.41) is 8.26. The average molecular weight is 119 g/mol. The summed E-state index contributed by atoms with van der Waals surface area (Å²) in [6, 6.07) is -0.411. The lowest BCUT2D eigenvalue weighted by Crippen LogP contribution is -2.20. The molecule has 8 heavy (non-hydrogen) atoms. The molecule has 2 nitrogen and oxygen atoms in total. The van der Waals surface area contributed by atoms with Gasteiger partial charge in [-0.25, -0.2) is 4.39 Å². The zero-order valence-electron chi connectivity index (χ0n) is 4.55. The average Bonchev–Trinajstić information content (AvgIpc) is 1.83. The van der Waals surface area contributed by atoms with Crippen LogP contribution in [0, 0.1) is 0 Å². The van der Waals surface area contributed by atoms with Crippen molar-refractivity contribution in [1.29, 1.82) is 0 Å². The summed E-state index contributed by atoms with van der Waals surface area (Å²) in [5.74, 6) is 0. The van der Waals surface area contributed by atoms with Gasteiger partial charge in [-0.3, -0.25) is 0 Å². The van der Waals surface area contributed by atoms with Gasteiger partial charge < -0.3 is 10.8 Å². The van der Waals surface area contributed by atoms with E-state index < -0.39 is 12.7 Å². The van der Waals surface area contributed by atoms with Crippen LogP contribution in [0.2, 0.25) is 0 Å². The fraction of sp³-hybridized carbons (Fsp3) is 0.600. The zero-order valence-corrected chi connectivity index (χ0v) is 4.55. The number of nitrogens with two attached hydrogens (primary N) is 1. The van der Waals surface area contributed by atoms with Crippen molar-refractivity contribution in [3.8, 4) is 0 Å². The normalized spacial score (nSPS) is 14.9. The third-order valence-electron chi connectivity index (χ3n) is 0.683. The molecule has 0 fully saturated rings. The molecule has 0 aromatic carbocycles. The maximum absolute atomic E-state index is 11.3. The number of aliphatic hydroxyl groups is 1. The Hall–Kier alpha value is -0.410. The highest BCUT2D eigenvalue weighted by molar-refractivity contribution is 4.90. The van der Waals surface area contributed by atoms with E-state index in [-0.39, 0.29) is 6.61 Å². The lowest BCUT2D eigenvalue weighted by molar-refractivity contribution is 0.283. The Balaban J connectivity index is 3.21. The molecule has 0 aliphatic carbocycles. The summed E-state index contributed by atoms with van der Waals surface area (Å²) in [4.78, 5) is 0. The maximum Gasteiger partial charge on any atom is 0.108 e. The molecule has 0 bridgehead atoms. The highest BCUT2D eigenvalue weighted by Gasteiger charge is 1.88. The Kier molecular flexibility index (Phi) is 4.50. The molecule has 0 saturated carbocycles. The lowest BCUT2D eigenvalue weighted by Gasteiger charge is -1.96. The van der Waals surface area contributed by atoms with Gasteiger partial charge in [0.2, 0.25) is 0 Å². The highest BCUT2D eigenvalue weighted by atomic mass is 19.1. The standard InChI is InChI=1S/C5H10FNO/c6-3-1-2-5(7)4-8/h1-2,5,8H,3-4,7H2/b2-1+/t5-/m0/s1. The molecule has 0 amide bonds. The van der Waals surface area contributed by atoms with Gasteiger partial charge in [-0.15, -0.1) is 0 Å². The van der Waals surface area contributed by atoms with Gasteiger partial charge in [0.1, 0.15) is 6.67 Å². The summed E-state index contributed by atoms with van der Waals surface area (Å²) < 4.78 is 11.3. The van der Waals surface area contributed by atoms with Crippen LogP contribution in [-0.2, 0) is 0 Å². The number of rotatable bonds is 3. The van der Waals surface area contributed by atoms with Gasteiger partial charge in [0, 0.05) is 6.04 Å². The second kappa shape index (κ2) is 4.74. The van der Waals surface area contributed by atoms with Gasteiger partial charge >= 0.3 is 0 Å². The van der Waals surface area contributed by atoms with Gasteiger partial charge in [-0.1, -0.05) is 12.2 Å². The minimum Gasteiger partial charge on any atom is -0.394 e. The first kappa shape index (κ1) is 7.59. The minimum absolute atomic E-state index is 0.128. The molecule has 0 unspecified atom stereocenters. The Morgan fingerprint density at radius 1 is 1.75 bits per heavy atom. The van der Waals surface area contributed by atoms with E-state index in [0.717, 1.165) is 0 Å². The second-order valence-electron chi connectivity index (χ2n) is 1.43. The molecule has 0 saturated heterocycles. The quantitative estimate of drug-likeness (QED) is 0.507. The van der Waals surface area contributed by atoms with Crippen LogP contribution in [0.4, 0.5) is 4.39 Å². The number of alkyl halides is 1. The molecule has 1 atom stereocenters. The summed E-state index contributed by atoms with van der Waals surface area (Å²) in [6.07, 6.45) is 2.71. The van der Waals surface area contributed by atoms with Crippen molar-refractivity contribution in [2.45, 2.75) is 6.04 Å². The van der Waals surface area contributed by atoms with Gasteiger partial charge in [-0.05, 0) is 0 Å². The van der Waals surface area contributed by atoms with Gasteiger partial charge in [0.15, 0.2) is 0 Å². The molecule has 0 aliphatic heterocycles. The first-order valence-corrected chi connectivity index (χ1v) is 2.40. The summed E-state index contributed by atoms with van der Waals surface area (Å²) in [6.45, 7) is -0.649. The molecule has 0 aromatic heterocycles. The van der Waals surface area contributed by atoms with E-state index in [4.69, 9.17) is 10.8 Å². The number of hydrogen-bond acceptors (Lipinski definition) is 2. The predicted molar refractivity (Wildman–Crippen MR) is 30.2 cm³/mol. The maximum atomic E-state index is 11.3. The fourth-order valence-corrected chi connectivity index (χ4v) is 0.287. The Bertz CT molecular complexity index is 74.8. The molecule has 0 aliphatic rings. The van der Waals surface area contributed by atoms with E-state index in [2.05, 4.69) is 0 Å². The smallest absolute Gasteiger partial charge is 0.108 e. The van der Waals surface area contributed by atoms with E-state index in [1.165, 1.54) is 12.2 Å². The molecule has 0 radical (unpaired) electrons. The van der Waals surface area contributed by atoms with Crippen molar-refractivity contribution in [2.24, 2.45) is 5.73 Å². The van der Waals surface area contributed by atoms with Crippen LogP contribution in [0.5, 0.6) is 0 Å². The van der Waals surface area contributed by atoms with Gasteiger partial charge in [-0.2, -0.15) is 0 Å². The van der Waals surface area contributed by atoms with Crippen LogP contribution in [0.25, 0.3) is 0 Å². The molecule has 3 heteroatoms. The minimum atomic E-state index is -0.520. The molecule has 0 aromatic rings. The van der Waals surface area contributed by atoms with Crippen LogP contribution in [0.15, 0.2) is 12.2 Å². The third kappa shape index (κ3) is 3.77. The predicted octanol–water partition coefficient (Wildman–Crippen LogP) is -0.168. The topological polar surface area (TPSA) is 46.2 Å². The Morgan fingerprint density at radius 3 is 2.75 bits per heavy atom. The number of allylic oxidation sites excluding steroid dienone is 1. The van der Waals surface area contributed by atoms with Crippen LogP contribution < -0.4 is 5.73 Å². The van der Waals surface area contributed by atoms with Crippen LogP contribution in [-0.4, -0.2) is 24.4 Å². The first-order chi connectivity index (χ1) is 3.81. The molecule has 0 spiro atoms. The molecule has 0 rings (SSSR count). The zero-order chi connectivity index (χ0) is 6.41. The van der Waals surface area contributed by atoms with E-state index in [9.17, 15) is 4.39 Å². The second-order valence-corrected chi connectivity index (χ2v) is 1.43. The Labute approximate surface area is 47.8 Å². The van der Waals surface area contributed by atoms with Crippen molar-refractivity contribution in [3.05, 3.63) is 12.2 Å². The van der Waals surface area contributed by atoms with E-state index >= 15 is 0 Å². The van der Waals surface area contributed by atoms with E-state index in [1.54, 1.807) is 0 Å². The number of aliphatic hydroxyl groups excluding tert-OH is 1. The van der Waals surface area contributed by atoms with Crippen LogP contribution >= 0.6 is 0 Å². The first-order valence-electron chi connectivity index (χ1n) is 2.40. The van der Waals surface area contributed by atoms with Gasteiger partial charge in [0.05, 0.1) is 6.61 Å². The third-order valence-corrected chi connectivity index (χ3v) is 0.683. The molecule has 3 N–H and O–H groups in total. The fourth-order valence-electron chi connectivity index (χ4n) is 0.287. The van der Waals surface area contributed by atoms with Crippen molar-refractivity contribution in [2.75, 3.05) is 13.3 Å². The monoisotopic (exact) mass is 119 g/mol. The highest BCUT2D eigenvalue weighted by Crippen LogP contribution is 1.79. The van der Waals surface area contributed by atoms with Crippen LogP contribution in [0.1, 0.15) is 0 Å². The Morgan fingerprint density at radius 2 is 2.38 bits per heavy atom. The number of halogens is 1. The van der Waals surface area contributed by atoms with Crippen molar-refractivity contribution in [3.63, 3.8) is 0 Å². The van der Waals surface area contributed by atoms with Crippen molar-refractivity contribution in [1.82, 2.24) is 0 Å².